The van der Waals surface area contributed by atoms with E-state index in [0.717, 1.165) is 22.2 Å². The lowest BCUT2D eigenvalue weighted by atomic mass is 9.87. The van der Waals surface area contributed by atoms with E-state index >= 15 is 0 Å². The summed E-state index contributed by atoms with van der Waals surface area (Å²) in [5.74, 6) is 0. The second kappa shape index (κ2) is 6.19. The van der Waals surface area contributed by atoms with Crippen LogP contribution in [-0.2, 0) is 19.1 Å². The number of aromatic nitrogens is 1. The molecule has 0 amide bonds. The molecule has 23 heavy (non-hydrogen) atoms. The molecule has 0 aliphatic carbocycles. The number of hydrogen-bond donors (Lipinski definition) is 2. The fraction of sp³-hybridized carbons (Fsp3) is 0.300. The minimum atomic E-state index is -1.27. The number of nitrogens with zero attached hydrogens (tertiary/aromatic N) is 1. The topological polar surface area (TPSA) is 45.4 Å². The lowest BCUT2D eigenvalue weighted by molar-refractivity contribution is -0.0816. The lowest BCUT2D eigenvalue weighted by Gasteiger charge is -2.32. The van der Waals surface area contributed by atoms with E-state index in [4.69, 9.17) is 0 Å². The zero-order chi connectivity index (χ0) is 16.4. The van der Waals surface area contributed by atoms with Gasteiger partial charge in [0.05, 0.1) is 11.8 Å². The smallest absolute Gasteiger partial charge is 0.130 e. The maximum Gasteiger partial charge on any atom is 0.130 e. The Balaban J connectivity index is 1.97. The average Bonchev–Trinajstić information content (AvgIpc) is 2.91. The van der Waals surface area contributed by atoms with Crippen LogP contribution in [0.5, 0.6) is 0 Å². The Hall–Kier alpha value is -2.10. The number of aliphatic hydroxyl groups excluding tert-OH is 1. The highest BCUT2D eigenvalue weighted by atomic mass is 16.3. The summed E-state index contributed by atoms with van der Waals surface area (Å²) in [5, 5.41) is 22.6. The van der Waals surface area contributed by atoms with E-state index in [0.29, 0.717) is 12.8 Å². The molecule has 0 saturated carbocycles. The van der Waals surface area contributed by atoms with Crippen molar-refractivity contribution >= 4 is 10.9 Å². The molecule has 0 aliphatic heterocycles. The van der Waals surface area contributed by atoms with E-state index in [1.165, 1.54) is 0 Å². The molecule has 2 aromatic carbocycles. The predicted molar refractivity (Wildman–Crippen MR) is 93.3 cm³/mol. The number of aliphatic hydroxyl groups is 2. The Kier molecular flexibility index (Phi) is 4.24. The van der Waals surface area contributed by atoms with Gasteiger partial charge in [0.1, 0.15) is 5.60 Å². The van der Waals surface area contributed by atoms with Gasteiger partial charge >= 0.3 is 0 Å². The molecule has 0 spiro atoms. The van der Waals surface area contributed by atoms with Crippen molar-refractivity contribution in [2.24, 2.45) is 7.05 Å². The van der Waals surface area contributed by atoms with Gasteiger partial charge in [0.15, 0.2) is 0 Å². The van der Waals surface area contributed by atoms with Gasteiger partial charge in [-0.1, -0.05) is 48.5 Å². The zero-order valence-electron chi connectivity index (χ0n) is 13.6. The number of fused-ring (bicyclic) bond motifs is 1. The SMILES string of the molecule is C[C@H](O)C(O)(CCc1ccccc1)c1cc2ccccc2n1C. The molecule has 0 saturated heterocycles. The highest BCUT2D eigenvalue weighted by molar-refractivity contribution is 5.81. The quantitative estimate of drug-likeness (QED) is 0.759. The molecule has 0 aliphatic rings. The van der Waals surface area contributed by atoms with Crippen molar-refractivity contribution in [3.63, 3.8) is 0 Å². The zero-order valence-corrected chi connectivity index (χ0v) is 13.6. The maximum absolute atomic E-state index is 11.2. The third-order valence-electron chi connectivity index (χ3n) is 4.72. The minimum absolute atomic E-state index is 0.471. The van der Waals surface area contributed by atoms with Crippen molar-refractivity contribution in [1.29, 1.82) is 0 Å². The standard InChI is InChI=1S/C20H23NO2/c1-15(22)20(23,13-12-16-8-4-3-5-9-16)19-14-17-10-6-7-11-18(17)21(19)2/h3-11,14-15,22-23H,12-13H2,1-2H3/t15-,20?/m0/s1. The summed E-state index contributed by atoms with van der Waals surface area (Å²) in [6, 6.07) is 20.1. The first-order chi connectivity index (χ1) is 11.0. The number of hydrogen-bond acceptors (Lipinski definition) is 2. The fourth-order valence-electron chi connectivity index (χ4n) is 3.23. The summed E-state index contributed by atoms with van der Waals surface area (Å²) in [6.45, 7) is 1.66. The van der Waals surface area contributed by atoms with E-state index in [2.05, 4.69) is 0 Å². The van der Waals surface area contributed by atoms with Crippen LogP contribution in [0.2, 0.25) is 0 Å². The Labute approximate surface area is 136 Å². The van der Waals surface area contributed by atoms with Crippen molar-refractivity contribution in [2.75, 3.05) is 0 Å². The van der Waals surface area contributed by atoms with Gasteiger partial charge in [0, 0.05) is 12.6 Å². The van der Waals surface area contributed by atoms with E-state index < -0.39 is 11.7 Å². The van der Waals surface area contributed by atoms with Gasteiger partial charge < -0.3 is 14.8 Å². The van der Waals surface area contributed by atoms with E-state index in [9.17, 15) is 10.2 Å². The molecule has 2 atom stereocenters. The molecule has 0 bridgehead atoms. The van der Waals surface area contributed by atoms with E-state index in [-0.39, 0.29) is 0 Å². The second-order valence-electron chi connectivity index (χ2n) is 6.23. The highest BCUT2D eigenvalue weighted by Gasteiger charge is 2.37. The van der Waals surface area contributed by atoms with Gasteiger partial charge in [-0.15, -0.1) is 0 Å². The third kappa shape index (κ3) is 2.90. The lowest BCUT2D eigenvalue weighted by Crippen LogP contribution is -2.39. The molecule has 1 heterocycles. The Morgan fingerprint density at radius 3 is 2.35 bits per heavy atom. The van der Waals surface area contributed by atoms with Gasteiger partial charge in [0.2, 0.25) is 0 Å². The summed E-state index contributed by atoms with van der Waals surface area (Å²) < 4.78 is 1.98. The van der Waals surface area contributed by atoms with Gasteiger partial charge in [-0.25, -0.2) is 0 Å². The van der Waals surface area contributed by atoms with Crippen molar-refractivity contribution in [3.8, 4) is 0 Å². The molecule has 0 radical (unpaired) electrons. The molecule has 1 unspecified atom stereocenters. The molecule has 1 aromatic heterocycles. The molecule has 3 aromatic rings. The van der Waals surface area contributed by atoms with Crippen molar-refractivity contribution < 1.29 is 10.2 Å². The van der Waals surface area contributed by atoms with Gasteiger partial charge in [-0.2, -0.15) is 0 Å². The number of benzene rings is 2. The van der Waals surface area contributed by atoms with Gasteiger partial charge in [0.25, 0.3) is 0 Å². The Morgan fingerprint density at radius 2 is 1.70 bits per heavy atom. The van der Waals surface area contributed by atoms with Crippen molar-refractivity contribution in [3.05, 3.63) is 71.9 Å². The van der Waals surface area contributed by atoms with Crippen LogP contribution in [0, 0.1) is 0 Å². The first-order valence-electron chi connectivity index (χ1n) is 8.01. The summed E-state index contributed by atoms with van der Waals surface area (Å²) >= 11 is 0. The van der Waals surface area contributed by atoms with Crippen molar-refractivity contribution in [1.82, 2.24) is 4.57 Å². The normalized spacial score (nSPS) is 15.5. The molecule has 3 rings (SSSR count). The third-order valence-corrected chi connectivity index (χ3v) is 4.72. The van der Waals surface area contributed by atoms with Gasteiger partial charge in [-0.05, 0) is 42.8 Å². The fourth-order valence-corrected chi connectivity index (χ4v) is 3.23. The van der Waals surface area contributed by atoms with E-state index in [1.807, 2.05) is 72.3 Å². The highest BCUT2D eigenvalue weighted by Crippen LogP contribution is 2.34. The second-order valence-corrected chi connectivity index (χ2v) is 6.23. The molecule has 120 valence electrons. The Morgan fingerprint density at radius 1 is 1.04 bits per heavy atom. The van der Waals surface area contributed by atoms with Crippen LogP contribution < -0.4 is 0 Å². The predicted octanol–water partition coefficient (Wildman–Crippen LogP) is 3.38. The molecule has 0 fully saturated rings. The molecule has 3 heteroatoms. The Bertz CT molecular complexity index is 792. The number of aryl methyl sites for hydroxylation is 2. The van der Waals surface area contributed by atoms with Crippen LogP contribution in [0.3, 0.4) is 0 Å². The van der Waals surface area contributed by atoms with E-state index in [1.54, 1.807) is 6.92 Å². The monoisotopic (exact) mass is 309 g/mol. The summed E-state index contributed by atoms with van der Waals surface area (Å²) in [7, 11) is 1.94. The van der Waals surface area contributed by atoms with Crippen LogP contribution in [0.4, 0.5) is 0 Å². The van der Waals surface area contributed by atoms with Crippen LogP contribution in [0.25, 0.3) is 10.9 Å². The summed E-state index contributed by atoms with van der Waals surface area (Å²) in [5.41, 5.74) is 1.69. The molecule has 3 nitrogen and oxygen atoms in total. The number of rotatable bonds is 5. The first-order valence-corrected chi connectivity index (χ1v) is 8.01. The van der Waals surface area contributed by atoms with Crippen molar-refractivity contribution in [2.45, 2.75) is 31.5 Å². The van der Waals surface area contributed by atoms with Crippen LogP contribution >= 0.6 is 0 Å². The number of para-hydroxylation sites is 1. The average molecular weight is 309 g/mol. The molecular formula is C20H23NO2. The van der Waals surface area contributed by atoms with Gasteiger partial charge in [-0.3, -0.25) is 0 Å². The van der Waals surface area contributed by atoms with Crippen LogP contribution in [0.15, 0.2) is 60.7 Å². The maximum atomic E-state index is 11.2. The van der Waals surface area contributed by atoms with Crippen LogP contribution in [-0.4, -0.2) is 20.9 Å². The summed E-state index contributed by atoms with van der Waals surface area (Å²) in [6.07, 6.45) is 0.331. The molecular weight excluding hydrogens is 286 g/mol. The molecule has 2 N–H and O–H groups in total. The van der Waals surface area contributed by atoms with Crippen LogP contribution in [0.1, 0.15) is 24.6 Å². The first kappa shape index (κ1) is 15.8. The summed E-state index contributed by atoms with van der Waals surface area (Å²) in [4.78, 5) is 0. The largest absolute Gasteiger partial charge is 0.390 e. The minimum Gasteiger partial charge on any atom is -0.390 e.